The van der Waals surface area contributed by atoms with E-state index in [9.17, 15) is 18.0 Å². The SMILES string of the molecule is CCC(C(=O)NC(C)C)N(Cc1ccccc1C)C(=O)CN(c1cc(C)ccc1OC)S(C)(=O)=O. The van der Waals surface area contributed by atoms with Gasteiger partial charge in [0.25, 0.3) is 0 Å². The van der Waals surface area contributed by atoms with Gasteiger partial charge in [-0.05, 0) is 62.9 Å². The number of carbonyl (C=O) groups excluding carboxylic acids is 2. The summed E-state index contributed by atoms with van der Waals surface area (Å²) < 4.78 is 32.1. The summed E-state index contributed by atoms with van der Waals surface area (Å²) in [4.78, 5) is 28.3. The maximum Gasteiger partial charge on any atom is 0.244 e. The van der Waals surface area contributed by atoms with Gasteiger partial charge in [-0.15, -0.1) is 0 Å². The van der Waals surface area contributed by atoms with Crippen molar-refractivity contribution < 1.29 is 22.7 Å². The summed E-state index contributed by atoms with van der Waals surface area (Å²) >= 11 is 0. The molecule has 9 heteroatoms. The number of nitrogens with zero attached hydrogens (tertiary/aromatic N) is 2. The van der Waals surface area contributed by atoms with Crippen molar-refractivity contribution in [3.05, 3.63) is 59.2 Å². The molecule has 0 saturated heterocycles. The number of hydrogen-bond acceptors (Lipinski definition) is 5. The van der Waals surface area contributed by atoms with Crippen molar-refractivity contribution in [2.24, 2.45) is 0 Å². The first-order valence-electron chi connectivity index (χ1n) is 11.7. The van der Waals surface area contributed by atoms with Crippen LogP contribution in [0.25, 0.3) is 0 Å². The summed E-state index contributed by atoms with van der Waals surface area (Å²) in [6.45, 7) is 9.03. The highest BCUT2D eigenvalue weighted by Crippen LogP contribution is 2.31. The average molecular weight is 504 g/mol. The minimum atomic E-state index is -3.84. The number of benzene rings is 2. The van der Waals surface area contributed by atoms with Gasteiger partial charge in [0.1, 0.15) is 18.3 Å². The fourth-order valence-electron chi connectivity index (χ4n) is 3.86. The van der Waals surface area contributed by atoms with Crippen molar-refractivity contribution in [1.82, 2.24) is 10.2 Å². The van der Waals surface area contributed by atoms with Crippen LogP contribution < -0.4 is 14.4 Å². The number of sulfonamides is 1. The van der Waals surface area contributed by atoms with Crippen LogP contribution in [0.3, 0.4) is 0 Å². The van der Waals surface area contributed by atoms with Crippen molar-refractivity contribution in [1.29, 1.82) is 0 Å². The number of methoxy groups -OCH3 is 1. The molecule has 0 bridgehead atoms. The number of carbonyl (C=O) groups is 2. The zero-order valence-electron chi connectivity index (χ0n) is 21.7. The minimum Gasteiger partial charge on any atom is -0.495 e. The van der Waals surface area contributed by atoms with Gasteiger partial charge >= 0.3 is 0 Å². The van der Waals surface area contributed by atoms with Gasteiger partial charge in [-0.25, -0.2) is 8.42 Å². The van der Waals surface area contributed by atoms with Crippen LogP contribution in [0, 0.1) is 13.8 Å². The predicted molar refractivity (Wildman–Crippen MR) is 139 cm³/mol. The Morgan fingerprint density at radius 3 is 2.29 bits per heavy atom. The number of nitrogens with one attached hydrogen (secondary N) is 1. The largest absolute Gasteiger partial charge is 0.495 e. The van der Waals surface area contributed by atoms with Gasteiger partial charge in [0.05, 0.1) is 19.1 Å². The molecule has 2 rings (SSSR count). The molecule has 0 spiro atoms. The molecule has 0 aliphatic carbocycles. The Kier molecular flexibility index (Phi) is 9.71. The van der Waals surface area contributed by atoms with Crippen molar-refractivity contribution in [3.63, 3.8) is 0 Å². The molecule has 1 atom stereocenters. The first-order valence-corrected chi connectivity index (χ1v) is 13.5. The van der Waals surface area contributed by atoms with Gasteiger partial charge in [-0.1, -0.05) is 37.3 Å². The first kappa shape index (κ1) is 28.2. The lowest BCUT2D eigenvalue weighted by Gasteiger charge is -2.33. The molecular formula is C26H37N3O5S. The van der Waals surface area contributed by atoms with E-state index >= 15 is 0 Å². The zero-order chi connectivity index (χ0) is 26.3. The number of anilines is 1. The molecule has 0 radical (unpaired) electrons. The average Bonchev–Trinajstić information content (AvgIpc) is 2.77. The van der Waals surface area contributed by atoms with Crippen LogP contribution in [0.1, 0.15) is 43.9 Å². The summed E-state index contributed by atoms with van der Waals surface area (Å²) in [6, 6.07) is 11.9. The second kappa shape index (κ2) is 12.1. The first-order chi connectivity index (χ1) is 16.4. The molecular weight excluding hydrogens is 466 g/mol. The van der Waals surface area contributed by atoms with Crippen molar-refractivity contribution in [3.8, 4) is 5.75 Å². The molecule has 1 N–H and O–H groups in total. The molecule has 0 fully saturated rings. The second-order valence-electron chi connectivity index (χ2n) is 8.98. The molecule has 2 aromatic carbocycles. The molecule has 8 nitrogen and oxygen atoms in total. The van der Waals surface area contributed by atoms with Crippen LogP contribution in [0.15, 0.2) is 42.5 Å². The van der Waals surface area contributed by atoms with Gasteiger partial charge in [-0.2, -0.15) is 0 Å². The standard InChI is InChI=1S/C26H37N3O5S/c1-8-22(26(31)27-18(2)3)28(16-21-12-10-9-11-20(21)5)25(30)17-29(35(7,32)33)23-15-19(4)13-14-24(23)34-6/h9-15,18,22H,8,16-17H2,1-7H3,(H,27,31). The van der Waals surface area contributed by atoms with Crippen LogP contribution in [-0.4, -0.2) is 57.1 Å². The van der Waals surface area contributed by atoms with E-state index in [2.05, 4.69) is 5.32 Å². The molecule has 2 aromatic rings. The van der Waals surface area contributed by atoms with E-state index in [4.69, 9.17) is 4.74 Å². The van der Waals surface area contributed by atoms with E-state index in [0.29, 0.717) is 12.2 Å². The Labute approximate surface area is 209 Å². The van der Waals surface area contributed by atoms with Crippen LogP contribution >= 0.6 is 0 Å². The molecule has 2 amide bonds. The van der Waals surface area contributed by atoms with Gasteiger partial charge in [0.15, 0.2) is 0 Å². The summed E-state index contributed by atoms with van der Waals surface area (Å²) in [5.74, 6) is -0.416. The monoisotopic (exact) mass is 503 g/mol. The highest BCUT2D eigenvalue weighted by molar-refractivity contribution is 7.92. The van der Waals surface area contributed by atoms with Gasteiger partial charge < -0.3 is 15.0 Å². The third kappa shape index (κ3) is 7.45. The van der Waals surface area contributed by atoms with Gasteiger partial charge in [-0.3, -0.25) is 13.9 Å². The summed E-state index contributed by atoms with van der Waals surface area (Å²) in [5.41, 5.74) is 2.96. The van der Waals surface area contributed by atoms with Crippen molar-refractivity contribution in [2.45, 2.75) is 59.7 Å². The fraction of sp³-hybridized carbons (Fsp3) is 0.462. The van der Waals surface area contributed by atoms with E-state index in [1.807, 2.05) is 58.9 Å². The number of ether oxygens (including phenoxy) is 1. The predicted octanol–water partition coefficient (Wildman–Crippen LogP) is 3.41. The minimum absolute atomic E-state index is 0.101. The third-order valence-corrected chi connectivity index (χ3v) is 6.83. The Morgan fingerprint density at radius 2 is 1.74 bits per heavy atom. The van der Waals surface area contributed by atoms with Crippen LogP contribution in [0.2, 0.25) is 0 Å². The third-order valence-electron chi connectivity index (χ3n) is 5.70. The topological polar surface area (TPSA) is 96.0 Å². The molecule has 0 heterocycles. The molecule has 192 valence electrons. The van der Waals surface area contributed by atoms with Crippen LogP contribution in [-0.2, 0) is 26.2 Å². The summed E-state index contributed by atoms with van der Waals surface area (Å²) in [5, 5.41) is 2.89. The normalized spacial score (nSPS) is 12.2. The van der Waals surface area contributed by atoms with Crippen LogP contribution in [0.5, 0.6) is 5.75 Å². The van der Waals surface area contributed by atoms with E-state index < -0.39 is 28.5 Å². The highest BCUT2D eigenvalue weighted by atomic mass is 32.2. The van der Waals surface area contributed by atoms with E-state index in [-0.39, 0.29) is 24.2 Å². The highest BCUT2D eigenvalue weighted by Gasteiger charge is 2.33. The van der Waals surface area contributed by atoms with Gasteiger partial charge in [0.2, 0.25) is 21.8 Å². The molecule has 1 unspecified atom stereocenters. The lowest BCUT2D eigenvalue weighted by Crippen LogP contribution is -2.53. The number of rotatable bonds is 11. The van der Waals surface area contributed by atoms with E-state index in [1.54, 1.807) is 18.2 Å². The lowest BCUT2D eigenvalue weighted by molar-refractivity contribution is -0.140. The smallest absolute Gasteiger partial charge is 0.244 e. The number of amides is 2. The summed E-state index contributed by atoms with van der Waals surface area (Å²) in [7, 11) is -2.39. The van der Waals surface area contributed by atoms with Crippen molar-refractivity contribution in [2.75, 3.05) is 24.2 Å². The molecule has 0 aliphatic heterocycles. The fourth-order valence-corrected chi connectivity index (χ4v) is 4.71. The molecule has 35 heavy (non-hydrogen) atoms. The van der Waals surface area contributed by atoms with E-state index in [1.165, 1.54) is 12.0 Å². The molecule has 0 aliphatic rings. The Balaban J connectivity index is 2.53. The number of aryl methyl sites for hydroxylation is 2. The van der Waals surface area contributed by atoms with Crippen LogP contribution in [0.4, 0.5) is 5.69 Å². The van der Waals surface area contributed by atoms with Gasteiger partial charge in [0, 0.05) is 12.6 Å². The van der Waals surface area contributed by atoms with E-state index in [0.717, 1.165) is 27.3 Å². The maximum absolute atomic E-state index is 13.8. The Bertz CT molecular complexity index is 1150. The van der Waals surface area contributed by atoms with Crippen molar-refractivity contribution >= 4 is 27.5 Å². The number of hydrogen-bond donors (Lipinski definition) is 1. The second-order valence-corrected chi connectivity index (χ2v) is 10.9. The molecule has 0 aromatic heterocycles. The Hall–Kier alpha value is -3.07. The zero-order valence-corrected chi connectivity index (χ0v) is 22.5. The maximum atomic E-state index is 13.8. The summed E-state index contributed by atoms with van der Waals surface area (Å²) in [6.07, 6.45) is 1.43. The molecule has 0 saturated carbocycles. The quantitative estimate of drug-likeness (QED) is 0.507. The lowest BCUT2D eigenvalue weighted by atomic mass is 10.1. The Morgan fingerprint density at radius 1 is 1.09 bits per heavy atom.